The van der Waals surface area contributed by atoms with Gasteiger partial charge in [0.15, 0.2) is 0 Å². The first-order chi connectivity index (χ1) is 15.9. The molecule has 0 radical (unpaired) electrons. The molecule has 1 heterocycles. The van der Waals surface area contributed by atoms with E-state index in [2.05, 4.69) is 89.9 Å². The van der Waals surface area contributed by atoms with E-state index in [1.54, 1.807) is 6.20 Å². The quantitative estimate of drug-likeness (QED) is 0.175. The third-order valence-corrected chi connectivity index (χ3v) is 5.40. The van der Waals surface area contributed by atoms with Gasteiger partial charge in [-0.1, -0.05) is 97.1 Å². The first kappa shape index (κ1) is 25.1. The maximum absolute atomic E-state index is 4.98. The van der Waals surface area contributed by atoms with E-state index in [9.17, 15) is 0 Å². The van der Waals surface area contributed by atoms with Crippen LogP contribution in [0.2, 0.25) is 0 Å². The van der Waals surface area contributed by atoms with E-state index in [0.717, 1.165) is 33.6 Å². The van der Waals surface area contributed by atoms with Crippen molar-refractivity contribution in [3.63, 3.8) is 0 Å². The number of nitrogens with zero attached hydrogens (tertiary/aromatic N) is 2. The fourth-order valence-corrected chi connectivity index (χ4v) is 3.83. The molecule has 168 valence electrons. The molecule has 0 aliphatic carbocycles. The molecule has 0 aliphatic heterocycles. The Kier molecular flexibility index (Phi) is 8.95. The molecule has 0 unspecified atom stereocenters. The second kappa shape index (κ2) is 12.1. The van der Waals surface area contributed by atoms with Gasteiger partial charge in [0.25, 0.3) is 0 Å². The van der Waals surface area contributed by atoms with Gasteiger partial charge in [-0.2, -0.15) is 0 Å². The Morgan fingerprint density at radius 2 is 1.00 bits per heavy atom. The van der Waals surface area contributed by atoms with Crippen LogP contribution in [0.3, 0.4) is 0 Å². The number of benzene rings is 4. The minimum absolute atomic E-state index is 0. The molecule has 4 aromatic carbocycles. The van der Waals surface area contributed by atoms with E-state index < -0.39 is 0 Å². The number of halogens is 1. The summed E-state index contributed by atoms with van der Waals surface area (Å²) in [6.45, 7) is 0. The number of hydrogen-bond acceptors (Lipinski definition) is 2. The van der Waals surface area contributed by atoms with Gasteiger partial charge in [0.1, 0.15) is 0 Å². The van der Waals surface area contributed by atoms with Crippen molar-refractivity contribution in [3.05, 3.63) is 133 Å². The smallest absolute Gasteiger partial charge is 0.0812 e. The van der Waals surface area contributed by atoms with Crippen molar-refractivity contribution < 1.29 is 17.1 Å². The molecule has 4 heteroatoms. The molecular weight excluding hydrogens is 480 g/mol. The van der Waals surface area contributed by atoms with Gasteiger partial charge in [-0.3, -0.25) is 9.98 Å². The van der Waals surface area contributed by atoms with E-state index in [-0.39, 0.29) is 29.5 Å². The third-order valence-electron chi connectivity index (χ3n) is 5.40. The minimum atomic E-state index is 0. The van der Waals surface area contributed by atoms with Gasteiger partial charge < -0.3 is 0 Å². The summed E-state index contributed by atoms with van der Waals surface area (Å²) in [6, 6.07) is 41.7. The topological polar surface area (TPSA) is 25.2 Å². The van der Waals surface area contributed by atoms with Crippen LogP contribution in [0.25, 0.3) is 33.4 Å². The van der Waals surface area contributed by atoms with Crippen LogP contribution >= 0.6 is 12.4 Å². The second-order valence-electron chi connectivity index (χ2n) is 7.53. The predicted octanol–water partition coefficient (Wildman–Crippen LogP) is 8.25. The van der Waals surface area contributed by atoms with Crippen LogP contribution < -0.4 is 0 Å². The van der Waals surface area contributed by atoms with Crippen LogP contribution in [0.1, 0.15) is 5.69 Å². The van der Waals surface area contributed by atoms with Crippen molar-refractivity contribution in [1.29, 1.82) is 0 Å². The van der Waals surface area contributed by atoms with Crippen molar-refractivity contribution in [2.24, 2.45) is 4.99 Å². The summed E-state index contributed by atoms with van der Waals surface area (Å²) in [6.07, 6.45) is 3.63. The molecule has 0 N–H and O–H groups in total. The number of aliphatic imine (C=N–C) groups is 1. The van der Waals surface area contributed by atoms with E-state index >= 15 is 0 Å². The van der Waals surface area contributed by atoms with E-state index in [1.165, 1.54) is 11.1 Å². The summed E-state index contributed by atoms with van der Waals surface area (Å²) < 4.78 is 0. The summed E-state index contributed by atoms with van der Waals surface area (Å²) in [5, 5.41) is 0. The molecule has 1 aromatic heterocycles. The van der Waals surface area contributed by atoms with Crippen LogP contribution in [0.15, 0.2) is 133 Å². The molecule has 0 amide bonds. The van der Waals surface area contributed by atoms with Gasteiger partial charge in [0.2, 0.25) is 0 Å². The molecule has 5 aromatic rings. The van der Waals surface area contributed by atoms with Gasteiger partial charge in [-0.05, 0) is 46.5 Å². The predicted molar refractivity (Wildman–Crippen MR) is 141 cm³/mol. The van der Waals surface area contributed by atoms with Gasteiger partial charge in [-0.25, -0.2) is 0 Å². The van der Waals surface area contributed by atoms with Crippen molar-refractivity contribution >= 4 is 24.3 Å². The van der Waals surface area contributed by atoms with Crippen molar-refractivity contribution in [3.8, 4) is 33.4 Å². The standard InChI is InChI=1S/C30H22N2.ClH.Fe/c1-4-12-23(13-5-1)26-20-28(24-14-6-2-7-15-24)30(32-22-27-18-10-11-19-31-27)29(21-26)25-16-8-3-9-17-25;;/h1-22H;1H;. The molecule has 0 saturated carbocycles. The first-order valence-electron chi connectivity index (χ1n) is 10.7. The Hall–Kier alpha value is -3.49. The summed E-state index contributed by atoms with van der Waals surface area (Å²) in [4.78, 5) is 9.39. The Morgan fingerprint density at radius 3 is 1.47 bits per heavy atom. The fraction of sp³-hybridized carbons (Fsp3) is 0. The van der Waals surface area contributed by atoms with Crippen molar-refractivity contribution in [1.82, 2.24) is 4.98 Å². The van der Waals surface area contributed by atoms with Crippen LogP contribution in [0, 0.1) is 0 Å². The molecule has 5 rings (SSSR count). The van der Waals surface area contributed by atoms with E-state index in [4.69, 9.17) is 4.99 Å². The van der Waals surface area contributed by atoms with Gasteiger partial charge >= 0.3 is 0 Å². The maximum Gasteiger partial charge on any atom is 0.0812 e. The van der Waals surface area contributed by atoms with Crippen molar-refractivity contribution in [2.75, 3.05) is 0 Å². The number of aromatic nitrogens is 1. The maximum atomic E-state index is 4.98. The molecule has 0 saturated heterocycles. The fourth-order valence-electron chi connectivity index (χ4n) is 3.83. The Labute approximate surface area is 217 Å². The van der Waals surface area contributed by atoms with Gasteiger partial charge in [0, 0.05) is 34.4 Å². The zero-order valence-electron chi connectivity index (χ0n) is 18.4. The molecule has 0 spiro atoms. The summed E-state index contributed by atoms with van der Waals surface area (Å²) in [5.74, 6) is 0. The van der Waals surface area contributed by atoms with Crippen molar-refractivity contribution in [2.45, 2.75) is 0 Å². The molecule has 0 fully saturated rings. The molecular formula is C30H23ClFeN2. The minimum Gasteiger partial charge on any atom is -0.255 e. The summed E-state index contributed by atoms with van der Waals surface area (Å²) in [7, 11) is 0. The molecule has 34 heavy (non-hydrogen) atoms. The first-order valence-corrected chi connectivity index (χ1v) is 10.7. The zero-order valence-corrected chi connectivity index (χ0v) is 20.3. The number of hydrogen-bond donors (Lipinski definition) is 0. The number of rotatable bonds is 5. The average Bonchev–Trinajstić information content (AvgIpc) is 2.89. The Balaban J connectivity index is 0.00000162. The van der Waals surface area contributed by atoms with Gasteiger partial charge in [-0.15, -0.1) is 12.4 Å². The van der Waals surface area contributed by atoms with E-state index in [1.807, 2.05) is 42.6 Å². The Bertz CT molecular complexity index is 1280. The third kappa shape index (κ3) is 5.70. The van der Waals surface area contributed by atoms with Crippen LogP contribution in [0.4, 0.5) is 5.69 Å². The molecule has 0 atom stereocenters. The SMILES string of the molecule is C(=Nc1c(-c2ccccc2)cc(-c2ccccc2)cc1-c1ccccc1)c1ccccn1.Cl.[Fe]. The van der Waals surface area contributed by atoms with E-state index in [0.29, 0.717) is 0 Å². The average molecular weight is 503 g/mol. The second-order valence-corrected chi connectivity index (χ2v) is 7.53. The monoisotopic (exact) mass is 502 g/mol. The van der Waals surface area contributed by atoms with Crippen LogP contribution in [-0.4, -0.2) is 11.2 Å². The molecule has 0 bridgehead atoms. The van der Waals surface area contributed by atoms with Crippen LogP contribution in [-0.2, 0) is 17.1 Å². The normalized spacial score (nSPS) is 10.4. The zero-order chi connectivity index (χ0) is 21.6. The number of pyridine rings is 1. The largest absolute Gasteiger partial charge is 0.255 e. The Morgan fingerprint density at radius 1 is 0.529 bits per heavy atom. The summed E-state index contributed by atoms with van der Waals surface area (Å²) in [5.41, 5.74) is 8.58. The van der Waals surface area contributed by atoms with Gasteiger partial charge in [0.05, 0.1) is 17.6 Å². The molecule has 2 nitrogen and oxygen atoms in total. The summed E-state index contributed by atoms with van der Waals surface area (Å²) >= 11 is 0. The van der Waals surface area contributed by atoms with Crippen LogP contribution in [0.5, 0.6) is 0 Å². The molecule has 0 aliphatic rings.